The molecule has 1 aromatic heterocycles. The van der Waals surface area contributed by atoms with E-state index in [2.05, 4.69) is 26.2 Å². The summed E-state index contributed by atoms with van der Waals surface area (Å²) in [6.45, 7) is 0.548. The van der Waals surface area contributed by atoms with Crippen LogP contribution in [0.1, 0.15) is 12.8 Å². The van der Waals surface area contributed by atoms with E-state index in [9.17, 15) is 13.6 Å². The van der Waals surface area contributed by atoms with Gasteiger partial charge in [0.1, 0.15) is 0 Å². The Balaban J connectivity index is 2.02. The minimum Gasteiger partial charge on any atom is -0.381 e. The number of carbonyl (C=O) groups excluding carboxylic acids is 1. The maximum Gasteiger partial charge on any atom is 0.327 e. The topological polar surface area (TPSA) is 51.2 Å². The summed E-state index contributed by atoms with van der Waals surface area (Å²) in [6, 6.07) is 0. The number of hydrogen-bond donors (Lipinski definition) is 1. The minimum absolute atomic E-state index is 0.165. The summed E-state index contributed by atoms with van der Waals surface area (Å²) in [7, 11) is 0. The highest BCUT2D eigenvalue weighted by Gasteiger charge is 2.47. The maximum absolute atomic E-state index is 13.9. The number of anilines is 1. The van der Waals surface area contributed by atoms with Crippen LogP contribution >= 0.6 is 27.3 Å². The minimum atomic E-state index is -3.39. The van der Waals surface area contributed by atoms with E-state index in [1.807, 2.05) is 0 Å². The molecule has 4 nitrogen and oxygen atoms in total. The molecule has 0 spiro atoms. The Morgan fingerprint density at radius 3 is 2.78 bits per heavy atom. The van der Waals surface area contributed by atoms with Gasteiger partial charge in [-0.15, -0.1) is 0 Å². The number of aromatic nitrogens is 1. The number of rotatable bonds is 3. The van der Waals surface area contributed by atoms with Gasteiger partial charge in [0.15, 0.2) is 5.13 Å². The van der Waals surface area contributed by atoms with E-state index in [0.29, 0.717) is 3.79 Å². The summed E-state index contributed by atoms with van der Waals surface area (Å²) in [4.78, 5) is 15.4. The fourth-order valence-corrected chi connectivity index (χ4v) is 2.84. The molecule has 0 bridgehead atoms. The quantitative estimate of drug-likeness (QED) is 0.920. The number of hydrogen-bond acceptors (Lipinski definition) is 4. The summed E-state index contributed by atoms with van der Waals surface area (Å²) >= 11 is 4.24. The summed E-state index contributed by atoms with van der Waals surface area (Å²) in [6.07, 6.45) is 1.84. The standard InChI is InChI=1S/C10H11BrF2N2O2S/c11-7-5-14-9(18-7)15-8(16)10(12,13)6-1-3-17-4-2-6/h5-6H,1-4H2,(H,14,15,16). The summed E-state index contributed by atoms with van der Waals surface area (Å²) in [5, 5.41) is 2.31. The zero-order valence-corrected chi connectivity index (χ0v) is 11.7. The third-order valence-electron chi connectivity index (χ3n) is 2.73. The Labute approximate surface area is 115 Å². The van der Waals surface area contributed by atoms with E-state index in [1.54, 1.807) is 0 Å². The molecule has 2 rings (SSSR count). The van der Waals surface area contributed by atoms with Crippen LogP contribution in [0.15, 0.2) is 9.98 Å². The first kappa shape index (κ1) is 13.8. The van der Waals surface area contributed by atoms with Crippen molar-refractivity contribution in [2.45, 2.75) is 18.8 Å². The fraction of sp³-hybridized carbons (Fsp3) is 0.600. The van der Waals surface area contributed by atoms with Crippen LogP contribution in [0.4, 0.5) is 13.9 Å². The van der Waals surface area contributed by atoms with Crippen LogP contribution in [-0.2, 0) is 9.53 Å². The highest BCUT2D eigenvalue weighted by Crippen LogP contribution is 2.34. The van der Waals surface area contributed by atoms with Crippen molar-refractivity contribution in [2.24, 2.45) is 5.92 Å². The zero-order chi connectivity index (χ0) is 13.2. The molecule has 100 valence electrons. The first-order valence-corrected chi connectivity index (χ1v) is 6.99. The first-order valence-electron chi connectivity index (χ1n) is 5.38. The Morgan fingerprint density at radius 2 is 2.22 bits per heavy atom. The molecule has 0 unspecified atom stereocenters. The highest BCUT2D eigenvalue weighted by molar-refractivity contribution is 9.11. The Morgan fingerprint density at radius 1 is 1.56 bits per heavy atom. The lowest BCUT2D eigenvalue weighted by Crippen LogP contribution is -2.43. The summed E-state index contributed by atoms with van der Waals surface area (Å²) < 4.78 is 33.5. The largest absolute Gasteiger partial charge is 0.381 e. The third kappa shape index (κ3) is 3.04. The van der Waals surface area contributed by atoms with Crippen molar-refractivity contribution < 1.29 is 18.3 Å². The van der Waals surface area contributed by atoms with Crippen LogP contribution in [0.3, 0.4) is 0 Å². The Kier molecular flexibility index (Phi) is 4.29. The maximum atomic E-state index is 13.9. The second-order valence-electron chi connectivity index (χ2n) is 3.93. The second-order valence-corrected chi connectivity index (χ2v) is 6.34. The zero-order valence-electron chi connectivity index (χ0n) is 9.29. The van der Waals surface area contributed by atoms with Crippen molar-refractivity contribution >= 4 is 38.3 Å². The molecule has 1 saturated heterocycles. The van der Waals surface area contributed by atoms with Gasteiger partial charge in [-0.25, -0.2) is 4.98 Å². The normalized spacial score (nSPS) is 17.7. The molecule has 0 atom stereocenters. The Hall–Kier alpha value is -0.600. The van der Waals surface area contributed by atoms with Crippen LogP contribution in [0, 0.1) is 5.92 Å². The molecule has 1 aliphatic heterocycles. The molecule has 0 aromatic carbocycles. The first-order chi connectivity index (χ1) is 8.50. The smallest absolute Gasteiger partial charge is 0.327 e. The Bertz CT molecular complexity index is 435. The van der Waals surface area contributed by atoms with Gasteiger partial charge in [-0.05, 0) is 28.8 Å². The third-order valence-corrected chi connectivity index (χ3v) is 4.13. The van der Waals surface area contributed by atoms with Crippen LogP contribution in [0.2, 0.25) is 0 Å². The number of halogens is 3. The number of nitrogens with one attached hydrogen (secondary N) is 1. The molecular weight excluding hydrogens is 330 g/mol. The number of ether oxygens (including phenoxy) is 1. The molecule has 1 amide bonds. The van der Waals surface area contributed by atoms with E-state index in [-0.39, 0.29) is 31.2 Å². The van der Waals surface area contributed by atoms with Crippen LogP contribution in [0.5, 0.6) is 0 Å². The van der Waals surface area contributed by atoms with Gasteiger partial charge < -0.3 is 4.74 Å². The van der Waals surface area contributed by atoms with Gasteiger partial charge >= 0.3 is 5.92 Å². The van der Waals surface area contributed by atoms with Crippen LogP contribution < -0.4 is 5.32 Å². The molecule has 1 N–H and O–H groups in total. The van der Waals surface area contributed by atoms with Crippen molar-refractivity contribution in [2.75, 3.05) is 18.5 Å². The van der Waals surface area contributed by atoms with Crippen molar-refractivity contribution in [3.63, 3.8) is 0 Å². The monoisotopic (exact) mass is 340 g/mol. The van der Waals surface area contributed by atoms with Gasteiger partial charge in [-0.3, -0.25) is 10.1 Å². The SMILES string of the molecule is O=C(Nc1ncc(Br)s1)C(F)(F)C1CCOCC1. The lowest BCUT2D eigenvalue weighted by atomic mass is 9.92. The molecular formula is C10H11BrF2N2O2S. The highest BCUT2D eigenvalue weighted by atomic mass is 79.9. The van der Waals surface area contributed by atoms with Gasteiger partial charge in [0.25, 0.3) is 5.91 Å². The average Bonchev–Trinajstić information content (AvgIpc) is 2.76. The fourth-order valence-electron chi connectivity index (χ4n) is 1.74. The van der Waals surface area contributed by atoms with Gasteiger partial charge in [0.2, 0.25) is 0 Å². The van der Waals surface area contributed by atoms with Gasteiger partial charge in [-0.1, -0.05) is 11.3 Å². The molecule has 2 heterocycles. The number of thiazole rings is 1. The second kappa shape index (κ2) is 5.58. The molecule has 1 fully saturated rings. The molecule has 0 radical (unpaired) electrons. The molecule has 1 aliphatic rings. The molecule has 0 aliphatic carbocycles. The van der Waals surface area contributed by atoms with Crippen LogP contribution in [0.25, 0.3) is 0 Å². The van der Waals surface area contributed by atoms with E-state index in [4.69, 9.17) is 4.74 Å². The number of carbonyl (C=O) groups is 1. The van der Waals surface area contributed by atoms with Gasteiger partial charge in [-0.2, -0.15) is 8.78 Å². The predicted molar refractivity (Wildman–Crippen MR) is 66.9 cm³/mol. The van der Waals surface area contributed by atoms with Gasteiger partial charge in [0.05, 0.1) is 9.98 Å². The van der Waals surface area contributed by atoms with Crippen molar-refractivity contribution in [3.8, 4) is 0 Å². The van der Waals surface area contributed by atoms with E-state index in [1.165, 1.54) is 6.20 Å². The average molecular weight is 341 g/mol. The number of nitrogens with zero attached hydrogens (tertiary/aromatic N) is 1. The van der Waals surface area contributed by atoms with E-state index >= 15 is 0 Å². The van der Waals surface area contributed by atoms with Gasteiger partial charge in [0, 0.05) is 19.1 Å². The summed E-state index contributed by atoms with van der Waals surface area (Å²) in [5.41, 5.74) is 0. The number of amides is 1. The van der Waals surface area contributed by atoms with E-state index in [0.717, 1.165) is 11.3 Å². The van der Waals surface area contributed by atoms with Crippen molar-refractivity contribution in [1.29, 1.82) is 0 Å². The van der Waals surface area contributed by atoms with Crippen molar-refractivity contribution in [3.05, 3.63) is 9.98 Å². The molecule has 18 heavy (non-hydrogen) atoms. The lowest BCUT2D eigenvalue weighted by molar-refractivity contribution is -0.153. The molecule has 1 aromatic rings. The van der Waals surface area contributed by atoms with Crippen LogP contribution in [-0.4, -0.2) is 30.0 Å². The molecule has 8 heteroatoms. The van der Waals surface area contributed by atoms with E-state index < -0.39 is 17.7 Å². The summed E-state index contributed by atoms with van der Waals surface area (Å²) in [5.74, 6) is -5.65. The molecule has 0 saturated carbocycles. The number of alkyl halides is 2. The predicted octanol–water partition coefficient (Wildman–Crippen LogP) is 2.91. The van der Waals surface area contributed by atoms with Crippen molar-refractivity contribution in [1.82, 2.24) is 4.98 Å². The lowest BCUT2D eigenvalue weighted by Gasteiger charge is -2.28.